The third-order valence-corrected chi connectivity index (χ3v) is 6.78. The largest absolute Gasteiger partial charge is 0.465 e. The van der Waals surface area contributed by atoms with Crippen molar-refractivity contribution in [1.29, 1.82) is 0 Å². The van der Waals surface area contributed by atoms with Crippen molar-refractivity contribution in [3.8, 4) is 0 Å². The zero-order valence-corrected chi connectivity index (χ0v) is 17.9. The molecule has 4 nitrogen and oxygen atoms in total. The van der Waals surface area contributed by atoms with Crippen molar-refractivity contribution < 1.29 is 13.9 Å². The number of hydrogen-bond acceptors (Lipinski definition) is 4. The molecule has 4 rings (SSSR count). The van der Waals surface area contributed by atoms with Gasteiger partial charge in [-0.2, -0.15) is 0 Å². The van der Waals surface area contributed by atoms with Crippen LogP contribution in [0.5, 0.6) is 0 Å². The fourth-order valence-corrected chi connectivity index (χ4v) is 4.97. The van der Waals surface area contributed by atoms with E-state index in [1.807, 2.05) is 24.3 Å². The number of furan rings is 1. The van der Waals surface area contributed by atoms with Crippen LogP contribution in [0.4, 0.5) is 4.39 Å². The van der Waals surface area contributed by atoms with Gasteiger partial charge in [0.15, 0.2) is 0 Å². The average molecular weight is 413 g/mol. The smallest absolute Gasteiger partial charge is 0.126 e. The van der Waals surface area contributed by atoms with Crippen molar-refractivity contribution in [2.45, 2.75) is 37.7 Å². The Hall–Kier alpha value is -1.95. The van der Waals surface area contributed by atoms with E-state index in [2.05, 4.69) is 16.8 Å². The van der Waals surface area contributed by atoms with Gasteiger partial charge in [-0.3, -0.25) is 0 Å². The molecule has 0 radical (unpaired) electrons. The molecule has 1 aromatic carbocycles. The predicted molar refractivity (Wildman–Crippen MR) is 118 cm³/mol. The quantitative estimate of drug-likeness (QED) is 0.747. The Balaban J connectivity index is 1.66. The molecular formula is C25H33FN2O2. The Kier molecular flexibility index (Phi) is 6.71. The minimum atomic E-state index is -1.01. The Labute approximate surface area is 179 Å². The number of nitrogens with zero attached hydrogens (tertiary/aromatic N) is 2. The van der Waals surface area contributed by atoms with Gasteiger partial charge in [-0.1, -0.05) is 18.6 Å². The van der Waals surface area contributed by atoms with Crippen LogP contribution in [0.25, 0.3) is 6.08 Å². The van der Waals surface area contributed by atoms with Gasteiger partial charge < -0.3 is 19.3 Å². The topological polar surface area (TPSA) is 39.9 Å². The van der Waals surface area contributed by atoms with Crippen LogP contribution in [0.15, 0.2) is 52.7 Å². The molecule has 2 fully saturated rings. The van der Waals surface area contributed by atoms with E-state index >= 15 is 0 Å². The van der Waals surface area contributed by atoms with Gasteiger partial charge in [-0.25, -0.2) is 4.39 Å². The third kappa shape index (κ3) is 5.02. The van der Waals surface area contributed by atoms with Crippen LogP contribution in [0.2, 0.25) is 0 Å². The molecule has 30 heavy (non-hydrogen) atoms. The van der Waals surface area contributed by atoms with Crippen molar-refractivity contribution in [1.82, 2.24) is 9.80 Å². The highest BCUT2D eigenvalue weighted by Gasteiger charge is 2.42. The normalized spacial score (nSPS) is 28.0. The molecule has 5 heteroatoms. The maximum absolute atomic E-state index is 13.9. The number of likely N-dealkylation sites (N-methyl/N-ethyl adjacent to an activating group) is 1. The summed E-state index contributed by atoms with van der Waals surface area (Å²) in [6.45, 7) is 5.05. The molecule has 0 bridgehead atoms. The molecule has 0 amide bonds. The van der Waals surface area contributed by atoms with Gasteiger partial charge in [0, 0.05) is 45.1 Å². The second-order valence-corrected chi connectivity index (χ2v) is 8.96. The van der Waals surface area contributed by atoms with Crippen LogP contribution < -0.4 is 0 Å². The third-order valence-electron chi connectivity index (χ3n) is 6.78. The predicted octanol–water partition coefficient (Wildman–Crippen LogP) is 4.21. The minimum Gasteiger partial charge on any atom is -0.465 e. The van der Waals surface area contributed by atoms with E-state index < -0.39 is 5.60 Å². The number of aliphatic hydroxyl groups is 1. The molecule has 1 aromatic heterocycles. The summed E-state index contributed by atoms with van der Waals surface area (Å²) in [5.74, 6) is 0.618. The number of halogens is 1. The molecule has 1 saturated heterocycles. The van der Waals surface area contributed by atoms with Crippen molar-refractivity contribution in [2.75, 3.05) is 39.8 Å². The van der Waals surface area contributed by atoms with Gasteiger partial charge in [-0.15, -0.1) is 0 Å². The Morgan fingerprint density at radius 2 is 2.00 bits per heavy atom. The van der Waals surface area contributed by atoms with E-state index in [-0.39, 0.29) is 11.7 Å². The van der Waals surface area contributed by atoms with E-state index in [1.165, 1.54) is 6.07 Å². The molecule has 2 aromatic rings. The summed E-state index contributed by atoms with van der Waals surface area (Å²) in [6, 6.07) is 10.5. The van der Waals surface area contributed by atoms with Crippen LogP contribution in [0.1, 0.15) is 37.0 Å². The first-order valence-corrected chi connectivity index (χ1v) is 11.2. The fourth-order valence-electron chi connectivity index (χ4n) is 4.97. The first kappa shape index (κ1) is 21.3. The summed E-state index contributed by atoms with van der Waals surface area (Å²) >= 11 is 0. The average Bonchev–Trinajstić information content (AvgIpc) is 3.19. The lowest BCUT2D eigenvalue weighted by molar-refractivity contribution is -0.00652. The highest BCUT2D eigenvalue weighted by Crippen LogP contribution is 2.41. The molecule has 2 aliphatic rings. The van der Waals surface area contributed by atoms with Crippen LogP contribution >= 0.6 is 0 Å². The van der Waals surface area contributed by atoms with Crippen molar-refractivity contribution in [2.24, 2.45) is 5.92 Å². The maximum Gasteiger partial charge on any atom is 0.126 e. The Bertz CT molecular complexity index is 843. The van der Waals surface area contributed by atoms with E-state index in [0.717, 1.165) is 75.3 Å². The lowest BCUT2D eigenvalue weighted by Crippen LogP contribution is -2.51. The second-order valence-electron chi connectivity index (χ2n) is 8.96. The molecule has 1 saturated carbocycles. The highest BCUT2D eigenvalue weighted by atomic mass is 19.1. The monoisotopic (exact) mass is 412 g/mol. The summed E-state index contributed by atoms with van der Waals surface area (Å²) in [6.07, 6.45) is 8.07. The van der Waals surface area contributed by atoms with Gasteiger partial charge in [0.1, 0.15) is 11.6 Å². The van der Waals surface area contributed by atoms with Crippen LogP contribution in [-0.4, -0.2) is 60.3 Å². The van der Waals surface area contributed by atoms with Crippen LogP contribution in [-0.2, 0) is 6.42 Å². The van der Waals surface area contributed by atoms with Gasteiger partial charge in [-0.05, 0) is 67.8 Å². The summed E-state index contributed by atoms with van der Waals surface area (Å²) in [4.78, 5) is 4.84. The van der Waals surface area contributed by atoms with E-state index in [1.54, 1.807) is 18.4 Å². The number of benzene rings is 1. The summed E-state index contributed by atoms with van der Waals surface area (Å²) in [5, 5.41) is 12.2. The van der Waals surface area contributed by atoms with Gasteiger partial charge in [0.05, 0.1) is 11.9 Å². The molecule has 2 atom stereocenters. The summed E-state index contributed by atoms with van der Waals surface area (Å²) in [5.41, 5.74) is 0.840. The standard InChI is InChI=1S/C25H33FN2O2/c1-27-11-13-28(14-12-27)19-22-8-3-2-7-21(17-24-10-5-15-30-24)25(22,29)18-20-6-4-9-23(26)16-20/h4-6,9-10,15-17,22,29H,2-3,7-8,11-14,18-19H2,1H3/b21-17-. The fraction of sp³-hybridized carbons (Fsp3) is 0.520. The lowest BCUT2D eigenvalue weighted by Gasteiger charge is -2.42. The SMILES string of the molecule is CN1CCN(CC2CCCC/C(=C/c3ccco3)C2(O)Cc2cccc(F)c2)CC1. The minimum absolute atomic E-state index is 0.105. The molecule has 1 aliphatic carbocycles. The Morgan fingerprint density at radius 1 is 1.17 bits per heavy atom. The van der Waals surface area contributed by atoms with Gasteiger partial charge in [0.25, 0.3) is 0 Å². The van der Waals surface area contributed by atoms with E-state index in [4.69, 9.17) is 4.42 Å². The molecular weight excluding hydrogens is 379 g/mol. The van der Waals surface area contributed by atoms with E-state index in [9.17, 15) is 9.50 Å². The van der Waals surface area contributed by atoms with Crippen LogP contribution in [0.3, 0.4) is 0 Å². The Morgan fingerprint density at radius 3 is 2.73 bits per heavy atom. The highest BCUT2D eigenvalue weighted by molar-refractivity contribution is 5.51. The number of rotatable bonds is 5. The summed E-state index contributed by atoms with van der Waals surface area (Å²) < 4.78 is 19.5. The molecule has 2 unspecified atom stereocenters. The van der Waals surface area contributed by atoms with Crippen LogP contribution in [0, 0.1) is 11.7 Å². The number of hydrogen-bond donors (Lipinski definition) is 1. The van der Waals surface area contributed by atoms with Crippen molar-refractivity contribution in [3.05, 3.63) is 65.4 Å². The molecule has 1 aliphatic heterocycles. The summed E-state index contributed by atoms with van der Waals surface area (Å²) in [7, 11) is 2.16. The second kappa shape index (κ2) is 9.46. The van der Waals surface area contributed by atoms with E-state index in [0.29, 0.717) is 6.42 Å². The molecule has 2 heterocycles. The zero-order valence-electron chi connectivity index (χ0n) is 17.9. The first-order valence-electron chi connectivity index (χ1n) is 11.2. The van der Waals surface area contributed by atoms with Gasteiger partial charge in [0.2, 0.25) is 0 Å². The lowest BCUT2D eigenvalue weighted by atomic mass is 9.75. The molecule has 162 valence electrons. The zero-order chi connectivity index (χ0) is 21.0. The molecule has 1 N–H and O–H groups in total. The number of piperazine rings is 1. The first-order chi connectivity index (χ1) is 14.5. The maximum atomic E-state index is 13.9. The van der Waals surface area contributed by atoms with Gasteiger partial charge >= 0.3 is 0 Å². The molecule has 0 spiro atoms. The van der Waals surface area contributed by atoms with Crippen molar-refractivity contribution >= 4 is 6.08 Å². The van der Waals surface area contributed by atoms with Crippen molar-refractivity contribution in [3.63, 3.8) is 0 Å².